The maximum Gasteiger partial charge on any atom is 0.490 e. The highest BCUT2D eigenvalue weighted by molar-refractivity contribution is 5.76. The first-order valence-corrected chi connectivity index (χ1v) is 10.2. The van der Waals surface area contributed by atoms with Crippen LogP contribution in [0.15, 0.2) is 18.3 Å². The number of nitriles is 1. The van der Waals surface area contributed by atoms with Crippen LogP contribution in [0.1, 0.15) is 32.3 Å². The Morgan fingerprint density at radius 1 is 1.38 bits per heavy atom. The third-order valence-corrected chi connectivity index (χ3v) is 5.22. The molecule has 1 N–H and O–H groups in total. The van der Waals surface area contributed by atoms with Crippen LogP contribution < -0.4 is 4.74 Å². The zero-order valence-corrected chi connectivity index (χ0v) is 17.8. The normalized spacial score (nSPS) is 22.0. The number of carboxylic acid groups (broad SMARTS) is 1. The van der Waals surface area contributed by atoms with E-state index in [9.17, 15) is 18.0 Å². The van der Waals surface area contributed by atoms with Crippen LogP contribution in [0.2, 0.25) is 0 Å². The van der Waals surface area contributed by atoms with Gasteiger partial charge in [0.2, 0.25) is 11.8 Å². The van der Waals surface area contributed by atoms with Crippen LogP contribution in [0.4, 0.5) is 13.2 Å². The van der Waals surface area contributed by atoms with Gasteiger partial charge in [-0.25, -0.2) is 9.78 Å². The molecule has 32 heavy (non-hydrogen) atoms. The molecule has 8 nitrogen and oxygen atoms in total. The Balaban J connectivity index is 0.000000451. The number of pyridine rings is 1. The van der Waals surface area contributed by atoms with Gasteiger partial charge < -0.3 is 19.5 Å². The summed E-state index contributed by atoms with van der Waals surface area (Å²) in [5, 5.41) is 15.9. The van der Waals surface area contributed by atoms with Gasteiger partial charge >= 0.3 is 12.1 Å². The van der Waals surface area contributed by atoms with Gasteiger partial charge in [-0.15, -0.1) is 0 Å². The van der Waals surface area contributed by atoms with Crippen molar-refractivity contribution in [3.05, 3.63) is 23.9 Å². The van der Waals surface area contributed by atoms with Crippen molar-refractivity contribution in [3.63, 3.8) is 0 Å². The minimum Gasteiger partial charge on any atom is -0.478 e. The number of halogens is 3. The molecule has 1 aromatic rings. The molecule has 176 valence electrons. The van der Waals surface area contributed by atoms with E-state index in [4.69, 9.17) is 24.6 Å². The number of aliphatic carboxylic acids is 1. The van der Waals surface area contributed by atoms with E-state index in [2.05, 4.69) is 18.8 Å². The van der Waals surface area contributed by atoms with E-state index in [1.807, 2.05) is 11.0 Å². The Labute approximate surface area is 183 Å². The number of rotatable bonds is 6. The van der Waals surface area contributed by atoms with Crippen molar-refractivity contribution >= 4 is 11.9 Å². The van der Waals surface area contributed by atoms with Gasteiger partial charge in [0.15, 0.2) is 0 Å². The molecule has 2 aliphatic rings. The molecule has 3 rings (SSSR count). The number of nitrogens with zero attached hydrogens (tertiary/aromatic N) is 3. The van der Waals surface area contributed by atoms with Crippen LogP contribution in [0.3, 0.4) is 0 Å². The zero-order valence-electron chi connectivity index (χ0n) is 17.8. The monoisotopic (exact) mass is 457 g/mol. The van der Waals surface area contributed by atoms with Gasteiger partial charge in [-0.05, 0) is 24.3 Å². The van der Waals surface area contributed by atoms with Crippen molar-refractivity contribution in [1.29, 1.82) is 5.26 Å². The number of alkyl halides is 3. The lowest BCUT2D eigenvalue weighted by atomic mass is 9.91. The number of likely N-dealkylation sites (tertiary alicyclic amines) is 1. The third kappa shape index (κ3) is 7.37. The summed E-state index contributed by atoms with van der Waals surface area (Å²) in [6, 6.07) is 5.46. The minimum absolute atomic E-state index is 0.175. The predicted molar refractivity (Wildman–Crippen MR) is 106 cm³/mol. The molecule has 0 bridgehead atoms. The fourth-order valence-corrected chi connectivity index (χ4v) is 3.62. The summed E-state index contributed by atoms with van der Waals surface area (Å²) >= 11 is 0. The standard InChI is InChI=1S/C19H25N3O3.C2HF3O2/c1-13(2)7-19(23)22-10-16-15(12-25-17(16)11-22)5-6-24-18-4-3-14(8-20)9-21-18;3-2(4,5)1(6)7/h3-4,9,13,15-17H,5-7,10-12H2,1-2H3;(H,6,7)/t15-,16-,17-;/m0./s1. The van der Waals surface area contributed by atoms with Gasteiger partial charge in [-0.3, -0.25) is 4.79 Å². The van der Waals surface area contributed by atoms with Crippen molar-refractivity contribution in [1.82, 2.24) is 9.88 Å². The Bertz CT molecular complexity index is 823. The van der Waals surface area contributed by atoms with E-state index in [-0.39, 0.29) is 12.0 Å². The predicted octanol–water partition coefficient (Wildman–Crippen LogP) is 2.87. The van der Waals surface area contributed by atoms with E-state index in [1.165, 1.54) is 6.20 Å². The van der Waals surface area contributed by atoms with Gasteiger partial charge in [0.1, 0.15) is 6.07 Å². The minimum atomic E-state index is -5.08. The van der Waals surface area contributed by atoms with E-state index in [0.29, 0.717) is 42.2 Å². The second-order valence-electron chi connectivity index (χ2n) is 8.13. The van der Waals surface area contributed by atoms with Crippen molar-refractivity contribution < 1.29 is 37.3 Å². The first-order valence-electron chi connectivity index (χ1n) is 10.2. The molecule has 3 atom stereocenters. The molecule has 0 aromatic carbocycles. The van der Waals surface area contributed by atoms with Crippen molar-refractivity contribution in [3.8, 4) is 11.9 Å². The largest absolute Gasteiger partial charge is 0.490 e. The SMILES string of the molecule is CC(C)CC(=O)N1C[C@H]2[C@@H](CCOc3ccc(C#N)cn3)CO[C@H]2C1.O=C(O)C(F)(F)F. The molecule has 2 saturated heterocycles. The molecule has 0 aliphatic carbocycles. The van der Waals surface area contributed by atoms with Crippen LogP contribution >= 0.6 is 0 Å². The molecule has 0 saturated carbocycles. The highest BCUT2D eigenvalue weighted by atomic mass is 19.4. The summed E-state index contributed by atoms with van der Waals surface area (Å²) in [6.45, 7) is 6.98. The van der Waals surface area contributed by atoms with E-state index < -0.39 is 12.1 Å². The second-order valence-corrected chi connectivity index (χ2v) is 8.13. The summed E-state index contributed by atoms with van der Waals surface area (Å²) in [6.07, 6.45) is -1.90. The second kappa shape index (κ2) is 11.1. The molecular formula is C21H26F3N3O5. The highest BCUT2D eigenvalue weighted by Gasteiger charge is 2.44. The molecule has 11 heteroatoms. The highest BCUT2D eigenvalue weighted by Crippen LogP contribution is 2.36. The Hall–Kier alpha value is -2.87. The van der Waals surface area contributed by atoms with Crippen LogP contribution in [-0.4, -0.2) is 65.5 Å². The number of carbonyl (C=O) groups excluding carboxylic acids is 1. The first kappa shape index (κ1) is 25.4. The third-order valence-electron chi connectivity index (χ3n) is 5.22. The number of ether oxygens (including phenoxy) is 2. The van der Waals surface area contributed by atoms with Gasteiger partial charge in [0.05, 0.1) is 24.9 Å². The zero-order chi connectivity index (χ0) is 23.9. The molecule has 3 heterocycles. The number of amides is 1. The van der Waals surface area contributed by atoms with Crippen LogP contribution in [0, 0.1) is 29.1 Å². The van der Waals surface area contributed by atoms with Gasteiger partial charge in [0, 0.05) is 37.7 Å². The first-order chi connectivity index (χ1) is 15.0. The van der Waals surface area contributed by atoms with E-state index in [1.54, 1.807) is 12.1 Å². The van der Waals surface area contributed by atoms with Gasteiger partial charge in [0.25, 0.3) is 0 Å². The molecule has 1 aromatic heterocycles. The quantitative estimate of drug-likeness (QED) is 0.699. The molecule has 2 aliphatic heterocycles. The lowest BCUT2D eigenvalue weighted by Gasteiger charge is -2.20. The van der Waals surface area contributed by atoms with Crippen LogP contribution in [-0.2, 0) is 14.3 Å². The van der Waals surface area contributed by atoms with Crippen molar-refractivity contribution in [2.24, 2.45) is 17.8 Å². The van der Waals surface area contributed by atoms with E-state index >= 15 is 0 Å². The summed E-state index contributed by atoms with van der Waals surface area (Å²) in [5.74, 6) is -0.765. The molecule has 2 fully saturated rings. The molecule has 0 spiro atoms. The fourth-order valence-electron chi connectivity index (χ4n) is 3.62. The number of aromatic nitrogens is 1. The maximum atomic E-state index is 12.3. The molecular weight excluding hydrogens is 431 g/mol. The summed E-state index contributed by atoms with van der Waals surface area (Å²) in [5.41, 5.74) is 0.525. The Kier molecular flexibility index (Phi) is 8.83. The Morgan fingerprint density at radius 2 is 2.06 bits per heavy atom. The summed E-state index contributed by atoms with van der Waals surface area (Å²) < 4.78 is 43.3. The average molecular weight is 457 g/mol. The number of hydrogen-bond donors (Lipinski definition) is 1. The number of hydrogen-bond acceptors (Lipinski definition) is 6. The Morgan fingerprint density at radius 3 is 2.59 bits per heavy atom. The lowest BCUT2D eigenvalue weighted by Crippen LogP contribution is -2.32. The van der Waals surface area contributed by atoms with Crippen LogP contribution in [0.25, 0.3) is 0 Å². The molecule has 0 radical (unpaired) electrons. The topological polar surface area (TPSA) is 113 Å². The number of carboxylic acids is 1. The molecule has 1 amide bonds. The molecule has 0 unspecified atom stereocenters. The average Bonchev–Trinajstić information content (AvgIpc) is 3.29. The lowest BCUT2D eigenvalue weighted by molar-refractivity contribution is -0.192. The number of carbonyl (C=O) groups is 2. The van der Waals surface area contributed by atoms with Gasteiger partial charge in [-0.2, -0.15) is 18.4 Å². The van der Waals surface area contributed by atoms with Gasteiger partial charge in [-0.1, -0.05) is 13.8 Å². The van der Waals surface area contributed by atoms with Crippen molar-refractivity contribution in [2.45, 2.75) is 39.0 Å². The van der Waals surface area contributed by atoms with E-state index in [0.717, 1.165) is 26.1 Å². The summed E-state index contributed by atoms with van der Waals surface area (Å²) in [4.78, 5) is 27.2. The maximum absolute atomic E-state index is 12.3. The number of fused-ring (bicyclic) bond motifs is 1. The van der Waals surface area contributed by atoms with Crippen molar-refractivity contribution in [2.75, 3.05) is 26.3 Å². The fraction of sp³-hybridized carbons (Fsp3) is 0.619. The summed E-state index contributed by atoms with van der Waals surface area (Å²) in [7, 11) is 0. The smallest absolute Gasteiger partial charge is 0.478 e. The van der Waals surface area contributed by atoms with Crippen LogP contribution in [0.5, 0.6) is 5.88 Å².